The summed E-state index contributed by atoms with van der Waals surface area (Å²) in [4.78, 5) is 26.2. The fourth-order valence-corrected chi connectivity index (χ4v) is 3.24. The standard InChI is InChI=1S/C15H26N4O2/c1-4-7-19-13(16)12(14(20)18-15(19)21)17-11-6-5-9(2)8-10(11)3/h9-11,17H,4-8,16H2,1-3H3,(H,18,20,21). The molecule has 1 aliphatic rings. The van der Waals surface area contributed by atoms with Crippen LogP contribution in [-0.4, -0.2) is 15.6 Å². The first kappa shape index (κ1) is 15.7. The highest BCUT2D eigenvalue weighted by molar-refractivity contribution is 5.61. The molecular weight excluding hydrogens is 268 g/mol. The smallest absolute Gasteiger partial charge is 0.330 e. The van der Waals surface area contributed by atoms with Crippen LogP contribution in [0.5, 0.6) is 0 Å². The van der Waals surface area contributed by atoms with Gasteiger partial charge in [-0.1, -0.05) is 20.8 Å². The van der Waals surface area contributed by atoms with E-state index in [0.29, 0.717) is 18.2 Å². The van der Waals surface area contributed by atoms with Gasteiger partial charge in [0.25, 0.3) is 5.56 Å². The lowest BCUT2D eigenvalue weighted by atomic mass is 9.80. The molecule has 1 aromatic heterocycles. The molecular formula is C15H26N4O2. The third kappa shape index (κ3) is 3.31. The first-order valence-electron chi connectivity index (χ1n) is 7.83. The van der Waals surface area contributed by atoms with Crippen LogP contribution >= 0.6 is 0 Å². The Hall–Kier alpha value is -1.72. The molecule has 2 rings (SSSR count). The molecule has 3 atom stereocenters. The molecule has 0 bridgehead atoms. The van der Waals surface area contributed by atoms with Crippen molar-refractivity contribution in [2.75, 3.05) is 11.1 Å². The first-order valence-corrected chi connectivity index (χ1v) is 7.83. The molecule has 6 heteroatoms. The Morgan fingerprint density at radius 3 is 2.67 bits per heavy atom. The van der Waals surface area contributed by atoms with Gasteiger partial charge in [-0.05, 0) is 37.5 Å². The van der Waals surface area contributed by atoms with E-state index in [9.17, 15) is 9.59 Å². The minimum absolute atomic E-state index is 0.233. The van der Waals surface area contributed by atoms with Crippen LogP contribution in [0.3, 0.4) is 0 Å². The number of hydrogen-bond acceptors (Lipinski definition) is 4. The molecule has 0 aliphatic heterocycles. The Morgan fingerprint density at radius 2 is 2.05 bits per heavy atom. The molecule has 6 nitrogen and oxygen atoms in total. The van der Waals surface area contributed by atoms with Crippen LogP contribution in [0.25, 0.3) is 0 Å². The Bertz CT molecular complexity index is 605. The number of nitrogens with zero attached hydrogens (tertiary/aromatic N) is 1. The van der Waals surface area contributed by atoms with Gasteiger partial charge in [0.2, 0.25) is 0 Å². The summed E-state index contributed by atoms with van der Waals surface area (Å²) in [5.41, 5.74) is 5.53. The molecule has 1 aromatic rings. The highest BCUT2D eigenvalue weighted by atomic mass is 16.2. The molecule has 0 aromatic carbocycles. The van der Waals surface area contributed by atoms with Crippen molar-refractivity contribution in [2.45, 2.75) is 59.0 Å². The average molecular weight is 294 g/mol. The van der Waals surface area contributed by atoms with Gasteiger partial charge in [-0.2, -0.15) is 0 Å². The van der Waals surface area contributed by atoms with Crippen molar-refractivity contribution in [1.82, 2.24) is 9.55 Å². The van der Waals surface area contributed by atoms with Gasteiger partial charge in [0.05, 0.1) is 0 Å². The van der Waals surface area contributed by atoms with Gasteiger partial charge in [0.1, 0.15) is 11.5 Å². The molecule has 118 valence electrons. The third-order valence-corrected chi connectivity index (χ3v) is 4.45. The van der Waals surface area contributed by atoms with E-state index >= 15 is 0 Å². The Kier molecular flexibility index (Phi) is 4.75. The number of aromatic nitrogens is 2. The van der Waals surface area contributed by atoms with E-state index in [2.05, 4.69) is 24.1 Å². The van der Waals surface area contributed by atoms with E-state index in [-0.39, 0.29) is 11.9 Å². The third-order valence-electron chi connectivity index (χ3n) is 4.45. The van der Waals surface area contributed by atoms with Crippen molar-refractivity contribution in [3.05, 3.63) is 20.8 Å². The SMILES string of the molecule is CCCn1c(N)c(NC2CCC(C)CC2C)c(=O)[nH]c1=O. The molecule has 21 heavy (non-hydrogen) atoms. The topological polar surface area (TPSA) is 92.9 Å². The summed E-state index contributed by atoms with van der Waals surface area (Å²) in [5.74, 6) is 1.46. The number of aromatic amines is 1. The quantitative estimate of drug-likeness (QED) is 0.789. The molecule has 1 heterocycles. The predicted molar refractivity (Wildman–Crippen MR) is 85.6 cm³/mol. The number of rotatable bonds is 4. The molecule has 0 radical (unpaired) electrons. The zero-order valence-electron chi connectivity index (χ0n) is 13.1. The Morgan fingerprint density at radius 1 is 1.33 bits per heavy atom. The molecule has 1 aliphatic carbocycles. The van der Waals surface area contributed by atoms with E-state index in [1.807, 2.05) is 6.92 Å². The molecule has 0 spiro atoms. The lowest BCUT2D eigenvalue weighted by Gasteiger charge is -2.33. The van der Waals surface area contributed by atoms with Gasteiger partial charge in [-0.25, -0.2) is 4.79 Å². The van der Waals surface area contributed by atoms with Gasteiger partial charge in [-0.3, -0.25) is 14.3 Å². The Labute approximate surface area is 124 Å². The van der Waals surface area contributed by atoms with Crippen molar-refractivity contribution in [2.24, 2.45) is 11.8 Å². The van der Waals surface area contributed by atoms with Gasteiger partial charge >= 0.3 is 5.69 Å². The summed E-state index contributed by atoms with van der Waals surface area (Å²) in [6, 6.07) is 0.233. The fourth-order valence-electron chi connectivity index (χ4n) is 3.24. The van der Waals surface area contributed by atoms with Gasteiger partial charge < -0.3 is 11.1 Å². The van der Waals surface area contributed by atoms with Crippen LogP contribution < -0.4 is 22.3 Å². The lowest BCUT2D eigenvalue weighted by Crippen LogP contribution is -2.39. The van der Waals surface area contributed by atoms with E-state index in [1.165, 1.54) is 4.57 Å². The molecule has 4 N–H and O–H groups in total. The van der Waals surface area contributed by atoms with Crippen molar-refractivity contribution < 1.29 is 0 Å². The van der Waals surface area contributed by atoms with Gasteiger partial charge in [0, 0.05) is 12.6 Å². The monoisotopic (exact) mass is 294 g/mol. The van der Waals surface area contributed by atoms with Crippen molar-refractivity contribution in [3.8, 4) is 0 Å². The second-order valence-electron chi connectivity index (χ2n) is 6.32. The van der Waals surface area contributed by atoms with Crippen LogP contribution in [0.15, 0.2) is 9.59 Å². The summed E-state index contributed by atoms with van der Waals surface area (Å²) in [6.07, 6.45) is 4.10. The fraction of sp³-hybridized carbons (Fsp3) is 0.733. The van der Waals surface area contributed by atoms with Crippen LogP contribution in [-0.2, 0) is 6.54 Å². The summed E-state index contributed by atoms with van der Waals surface area (Å²) in [7, 11) is 0. The molecule has 1 fully saturated rings. The van der Waals surface area contributed by atoms with E-state index < -0.39 is 11.2 Å². The van der Waals surface area contributed by atoms with Crippen LogP contribution in [0, 0.1) is 11.8 Å². The highest BCUT2D eigenvalue weighted by Gasteiger charge is 2.26. The number of hydrogen-bond donors (Lipinski definition) is 3. The number of anilines is 2. The average Bonchev–Trinajstić information content (AvgIpc) is 2.41. The minimum Gasteiger partial charge on any atom is -0.383 e. The first-order chi connectivity index (χ1) is 9.93. The second kappa shape index (κ2) is 6.37. The van der Waals surface area contributed by atoms with Crippen LogP contribution in [0.2, 0.25) is 0 Å². The molecule has 0 amide bonds. The zero-order chi connectivity index (χ0) is 15.6. The molecule has 3 unspecified atom stereocenters. The summed E-state index contributed by atoms with van der Waals surface area (Å²) < 4.78 is 1.43. The lowest BCUT2D eigenvalue weighted by molar-refractivity contribution is 0.276. The van der Waals surface area contributed by atoms with E-state index in [1.54, 1.807) is 0 Å². The largest absolute Gasteiger partial charge is 0.383 e. The maximum Gasteiger partial charge on any atom is 0.330 e. The zero-order valence-corrected chi connectivity index (χ0v) is 13.1. The van der Waals surface area contributed by atoms with Gasteiger partial charge in [0.15, 0.2) is 0 Å². The summed E-state index contributed by atoms with van der Waals surface area (Å²) in [6.45, 7) is 6.93. The van der Waals surface area contributed by atoms with E-state index in [0.717, 1.165) is 31.6 Å². The van der Waals surface area contributed by atoms with Gasteiger partial charge in [-0.15, -0.1) is 0 Å². The molecule has 1 saturated carbocycles. The number of H-pyrrole nitrogens is 1. The number of nitrogens with two attached hydrogens (primary N) is 1. The predicted octanol–water partition coefficient (Wildman–Crippen LogP) is 1.77. The van der Waals surface area contributed by atoms with E-state index in [4.69, 9.17) is 5.73 Å². The van der Waals surface area contributed by atoms with Crippen LogP contribution in [0.4, 0.5) is 11.5 Å². The normalized spacial score (nSPS) is 25.8. The van der Waals surface area contributed by atoms with Crippen molar-refractivity contribution >= 4 is 11.5 Å². The number of nitrogens with one attached hydrogen (secondary N) is 2. The second-order valence-corrected chi connectivity index (χ2v) is 6.32. The minimum atomic E-state index is -0.435. The maximum atomic E-state index is 12.1. The Balaban J connectivity index is 2.30. The summed E-state index contributed by atoms with van der Waals surface area (Å²) >= 11 is 0. The molecule has 0 saturated heterocycles. The number of nitrogen functional groups attached to an aromatic ring is 1. The van der Waals surface area contributed by atoms with Crippen molar-refractivity contribution in [3.63, 3.8) is 0 Å². The summed E-state index contributed by atoms with van der Waals surface area (Å²) in [5, 5.41) is 3.29. The van der Waals surface area contributed by atoms with Crippen LogP contribution in [0.1, 0.15) is 46.5 Å². The highest BCUT2D eigenvalue weighted by Crippen LogP contribution is 2.30. The van der Waals surface area contributed by atoms with Crippen molar-refractivity contribution in [1.29, 1.82) is 0 Å². The maximum absolute atomic E-state index is 12.1.